The molecular formula is C40H41N7O5. The first-order valence-electron chi connectivity index (χ1n) is 18.0. The molecule has 2 saturated heterocycles. The summed E-state index contributed by atoms with van der Waals surface area (Å²) in [5.41, 5.74) is 8.93. The number of aliphatic carboxylic acids is 1. The van der Waals surface area contributed by atoms with Crippen LogP contribution >= 0.6 is 0 Å². The van der Waals surface area contributed by atoms with E-state index in [1.807, 2.05) is 67.1 Å². The van der Waals surface area contributed by atoms with E-state index in [1.54, 1.807) is 6.07 Å². The van der Waals surface area contributed by atoms with Gasteiger partial charge in [-0.1, -0.05) is 24.3 Å². The highest BCUT2D eigenvalue weighted by Crippen LogP contribution is 2.38. The summed E-state index contributed by atoms with van der Waals surface area (Å²) in [6, 6.07) is 19.8. The molecule has 0 spiro atoms. The fraction of sp³-hybridized carbons (Fsp3) is 0.375. The molecule has 1 amide bonds. The lowest BCUT2D eigenvalue weighted by Gasteiger charge is -2.31. The summed E-state index contributed by atoms with van der Waals surface area (Å²) < 4.78 is 8.20. The number of carbonyl (C=O) groups is 2. The van der Waals surface area contributed by atoms with Crippen LogP contribution in [0.25, 0.3) is 33.7 Å². The Bertz CT molecular complexity index is 2250. The Morgan fingerprint density at radius 3 is 2.52 bits per heavy atom. The molecule has 0 saturated carbocycles. The fourth-order valence-electron chi connectivity index (χ4n) is 8.22. The number of fused-ring (bicyclic) bond motifs is 2. The Hall–Kier alpha value is -5.35. The number of nitriles is 1. The van der Waals surface area contributed by atoms with Crippen LogP contribution < -0.4 is 5.32 Å². The molecule has 0 radical (unpaired) electrons. The van der Waals surface area contributed by atoms with Crippen LogP contribution in [-0.4, -0.2) is 78.9 Å². The van der Waals surface area contributed by atoms with Crippen molar-refractivity contribution < 1.29 is 24.2 Å². The lowest BCUT2D eigenvalue weighted by Crippen LogP contribution is -2.32. The van der Waals surface area contributed by atoms with Crippen molar-refractivity contribution in [2.45, 2.75) is 64.8 Å². The second-order valence-electron chi connectivity index (χ2n) is 14.4. The molecule has 52 heavy (non-hydrogen) atoms. The molecule has 3 aromatic carbocycles. The number of carbonyl (C=O) groups excluding carboxylic acids is 1. The Labute approximate surface area is 301 Å². The number of aryl methyl sites for hydroxylation is 1. The number of carboxylic acids is 1. The summed E-state index contributed by atoms with van der Waals surface area (Å²) in [4.78, 5) is 34.3. The van der Waals surface area contributed by atoms with E-state index in [0.717, 1.165) is 71.4 Å². The van der Waals surface area contributed by atoms with Gasteiger partial charge in [0, 0.05) is 44.0 Å². The van der Waals surface area contributed by atoms with E-state index < -0.39 is 5.97 Å². The van der Waals surface area contributed by atoms with Crippen LogP contribution in [0.1, 0.15) is 70.2 Å². The maximum absolute atomic E-state index is 13.6. The number of β-amino-alcohol motifs (C(OH)–C–C–N with tert-alkyl or cyclic N) is 1. The summed E-state index contributed by atoms with van der Waals surface area (Å²) in [7, 11) is 0. The van der Waals surface area contributed by atoms with E-state index in [1.165, 1.54) is 0 Å². The van der Waals surface area contributed by atoms with Crippen molar-refractivity contribution in [3.8, 4) is 28.7 Å². The third-order valence-corrected chi connectivity index (χ3v) is 11.0. The molecule has 3 N–H and O–H groups in total. The zero-order chi connectivity index (χ0) is 36.1. The van der Waals surface area contributed by atoms with Gasteiger partial charge in [-0.25, -0.2) is 4.98 Å². The van der Waals surface area contributed by atoms with Crippen molar-refractivity contribution in [2.75, 3.05) is 31.5 Å². The maximum atomic E-state index is 13.6. The van der Waals surface area contributed by atoms with E-state index >= 15 is 0 Å². The molecule has 2 fully saturated rings. The van der Waals surface area contributed by atoms with Gasteiger partial charge in [0.2, 0.25) is 5.89 Å². The van der Waals surface area contributed by atoms with Crippen LogP contribution in [0.4, 0.5) is 5.69 Å². The van der Waals surface area contributed by atoms with Crippen molar-refractivity contribution in [1.29, 1.82) is 5.26 Å². The highest BCUT2D eigenvalue weighted by Gasteiger charge is 2.33. The molecule has 12 nitrogen and oxygen atoms in total. The van der Waals surface area contributed by atoms with Crippen molar-refractivity contribution >= 4 is 28.7 Å². The Balaban J connectivity index is 1.04. The average Bonchev–Trinajstić information content (AvgIpc) is 3.95. The quantitative estimate of drug-likeness (QED) is 0.178. The van der Waals surface area contributed by atoms with Gasteiger partial charge in [0.15, 0.2) is 11.3 Å². The van der Waals surface area contributed by atoms with Gasteiger partial charge in [0.1, 0.15) is 11.6 Å². The number of anilines is 1. The minimum atomic E-state index is -0.775. The number of nitrogens with one attached hydrogen (secondary N) is 1. The van der Waals surface area contributed by atoms with Gasteiger partial charge in [0.25, 0.3) is 5.91 Å². The van der Waals surface area contributed by atoms with Crippen molar-refractivity contribution in [3.05, 3.63) is 88.2 Å². The lowest BCUT2D eigenvalue weighted by molar-refractivity contribution is -0.141. The van der Waals surface area contributed by atoms with Gasteiger partial charge >= 0.3 is 5.97 Å². The number of benzene rings is 3. The van der Waals surface area contributed by atoms with E-state index in [2.05, 4.69) is 26.3 Å². The predicted octanol–water partition coefficient (Wildman–Crippen LogP) is 5.91. The molecule has 2 aromatic heterocycles. The summed E-state index contributed by atoms with van der Waals surface area (Å²) in [5.74, 6) is -1.01. The van der Waals surface area contributed by atoms with Gasteiger partial charge in [-0.15, -0.1) is 0 Å². The van der Waals surface area contributed by atoms with Gasteiger partial charge in [0.05, 0.1) is 29.3 Å². The monoisotopic (exact) mass is 699 g/mol. The first-order valence-corrected chi connectivity index (χ1v) is 18.0. The standard InChI is InChI=1S/C40H41N7O5/c1-23-29(6-3-8-31(23)39-43-33-17-25(16-27(19-41)37(33)52-39)20-45-14-11-26(21-45)40(50)51)30-7-4-9-32(24(30)2)42-38(49)34-18-36-35(10-5-13-47(36)44-34)46-15-12-28(48)22-46/h3-4,6-9,16-18,26,28,35,48H,5,10-15,20-22H2,1-2H3,(H,42,49)(H,50,51)/t26-,28-,35?/m1/s1. The van der Waals surface area contributed by atoms with E-state index in [0.29, 0.717) is 66.5 Å². The number of aliphatic hydroxyl groups excluding tert-OH is 1. The van der Waals surface area contributed by atoms with Crippen LogP contribution in [0.15, 0.2) is 59.0 Å². The maximum Gasteiger partial charge on any atom is 0.307 e. The van der Waals surface area contributed by atoms with Crippen molar-refractivity contribution in [2.24, 2.45) is 5.92 Å². The van der Waals surface area contributed by atoms with E-state index in [4.69, 9.17) is 9.40 Å². The number of hydrogen-bond acceptors (Lipinski definition) is 9. The molecule has 5 heterocycles. The van der Waals surface area contributed by atoms with Crippen molar-refractivity contribution in [3.63, 3.8) is 0 Å². The van der Waals surface area contributed by atoms with Crippen LogP contribution in [-0.2, 0) is 17.9 Å². The zero-order valence-corrected chi connectivity index (χ0v) is 29.3. The van der Waals surface area contributed by atoms with Crippen LogP contribution in [0, 0.1) is 31.1 Å². The van der Waals surface area contributed by atoms with Gasteiger partial charge in [-0.3, -0.25) is 24.1 Å². The number of amides is 1. The van der Waals surface area contributed by atoms with Gasteiger partial charge in [-0.2, -0.15) is 10.4 Å². The largest absolute Gasteiger partial charge is 0.481 e. The first-order chi connectivity index (χ1) is 25.2. The van der Waals surface area contributed by atoms with Gasteiger partial charge < -0.3 is 19.9 Å². The molecule has 0 aliphatic carbocycles. The fourth-order valence-corrected chi connectivity index (χ4v) is 8.22. The van der Waals surface area contributed by atoms with Crippen LogP contribution in [0.3, 0.4) is 0 Å². The van der Waals surface area contributed by atoms with Crippen molar-refractivity contribution in [1.82, 2.24) is 24.6 Å². The molecule has 3 aliphatic heterocycles. The summed E-state index contributed by atoms with van der Waals surface area (Å²) in [5, 5.41) is 37.3. The Morgan fingerprint density at radius 2 is 1.77 bits per heavy atom. The number of nitrogens with zero attached hydrogens (tertiary/aromatic N) is 6. The smallest absolute Gasteiger partial charge is 0.307 e. The Kier molecular flexibility index (Phi) is 8.87. The van der Waals surface area contributed by atoms with Crippen LogP contribution in [0.5, 0.6) is 0 Å². The Morgan fingerprint density at radius 1 is 0.981 bits per heavy atom. The first kappa shape index (κ1) is 33.8. The van der Waals surface area contributed by atoms with Crippen LogP contribution in [0.2, 0.25) is 0 Å². The number of aliphatic hydroxyl groups is 1. The minimum absolute atomic E-state index is 0.151. The number of aromatic nitrogens is 3. The number of oxazole rings is 1. The molecule has 8 rings (SSSR count). The molecule has 3 atom stereocenters. The molecular weight excluding hydrogens is 658 g/mol. The van der Waals surface area contributed by atoms with Gasteiger partial charge in [-0.05, 0) is 104 Å². The number of rotatable bonds is 8. The summed E-state index contributed by atoms with van der Waals surface area (Å²) in [6.45, 7) is 7.96. The third kappa shape index (κ3) is 6.25. The topological polar surface area (TPSA) is 161 Å². The minimum Gasteiger partial charge on any atom is -0.481 e. The third-order valence-electron chi connectivity index (χ3n) is 11.0. The normalized spacial score (nSPS) is 20.6. The number of carboxylic acid groups (broad SMARTS) is 1. The average molecular weight is 700 g/mol. The summed E-state index contributed by atoms with van der Waals surface area (Å²) >= 11 is 0. The SMILES string of the molecule is Cc1c(NC(=O)c2cc3n(n2)CCCC3N2CC[C@@H](O)C2)cccc1-c1cccc(-c2nc3cc(CN4CC[C@@H](C(=O)O)C4)cc(C#N)c3o2)c1C. The van der Waals surface area contributed by atoms with E-state index in [-0.39, 0.29) is 24.0 Å². The molecule has 5 aromatic rings. The molecule has 3 aliphatic rings. The number of hydrogen-bond donors (Lipinski definition) is 3. The molecule has 266 valence electrons. The predicted molar refractivity (Wildman–Crippen MR) is 194 cm³/mol. The highest BCUT2D eigenvalue weighted by atomic mass is 16.4. The number of likely N-dealkylation sites (tertiary alicyclic amines) is 2. The molecule has 1 unspecified atom stereocenters. The lowest BCUT2D eigenvalue weighted by atomic mass is 9.93. The highest BCUT2D eigenvalue weighted by molar-refractivity contribution is 6.04. The zero-order valence-electron chi connectivity index (χ0n) is 29.3. The molecule has 0 bridgehead atoms. The second kappa shape index (κ2) is 13.7. The molecule has 12 heteroatoms. The van der Waals surface area contributed by atoms with E-state index in [9.17, 15) is 25.1 Å². The second-order valence-corrected chi connectivity index (χ2v) is 14.4. The summed E-state index contributed by atoms with van der Waals surface area (Å²) in [6.07, 6.45) is 3.04.